The SMILES string of the molecule is N#CC(=NNc1ccc2[nH]c(=O)[nH]c2c1)C(=O)NCc1ccccc1. The summed E-state index contributed by atoms with van der Waals surface area (Å²) < 4.78 is 0. The molecule has 0 aliphatic carbocycles. The van der Waals surface area contributed by atoms with E-state index in [4.69, 9.17) is 5.26 Å². The quantitative estimate of drug-likeness (QED) is 0.416. The number of hydrogen-bond donors (Lipinski definition) is 4. The zero-order chi connectivity index (χ0) is 17.6. The molecule has 0 spiro atoms. The molecular weight excluding hydrogens is 320 g/mol. The van der Waals surface area contributed by atoms with Gasteiger partial charge in [0.2, 0.25) is 5.71 Å². The molecule has 0 aliphatic heterocycles. The van der Waals surface area contributed by atoms with Gasteiger partial charge in [0.05, 0.1) is 16.7 Å². The molecule has 1 amide bonds. The molecule has 2 aromatic carbocycles. The first-order valence-electron chi connectivity index (χ1n) is 7.43. The van der Waals surface area contributed by atoms with E-state index in [0.717, 1.165) is 5.56 Å². The number of hydrazone groups is 1. The Kier molecular flexibility index (Phi) is 4.58. The number of nitrogens with one attached hydrogen (secondary N) is 4. The Bertz CT molecular complexity index is 1030. The van der Waals surface area contributed by atoms with Crippen LogP contribution in [-0.2, 0) is 11.3 Å². The average molecular weight is 334 g/mol. The van der Waals surface area contributed by atoms with E-state index in [1.165, 1.54) is 0 Å². The normalized spacial score (nSPS) is 11.1. The van der Waals surface area contributed by atoms with Crippen LogP contribution >= 0.6 is 0 Å². The Morgan fingerprint density at radius 2 is 1.88 bits per heavy atom. The number of benzene rings is 2. The van der Waals surface area contributed by atoms with E-state index in [2.05, 4.69) is 25.8 Å². The zero-order valence-corrected chi connectivity index (χ0v) is 13.0. The third-order valence-electron chi connectivity index (χ3n) is 3.43. The van der Waals surface area contributed by atoms with Crippen LogP contribution in [0.2, 0.25) is 0 Å². The number of aromatic nitrogens is 2. The van der Waals surface area contributed by atoms with Crippen molar-refractivity contribution in [3.8, 4) is 6.07 Å². The molecule has 0 saturated heterocycles. The molecule has 1 heterocycles. The van der Waals surface area contributed by atoms with Crippen molar-refractivity contribution >= 4 is 28.3 Å². The minimum Gasteiger partial charge on any atom is -0.346 e. The number of H-pyrrole nitrogens is 2. The van der Waals surface area contributed by atoms with E-state index in [9.17, 15) is 9.59 Å². The monoisotopic (exact) mass is 334 g/mol. The number of hydrogen-bond acceptors (Lipinski definition) is 5. The number of nitriles is 1. The van der Waals surface area contributed by atoms with Crippen LogP contribution in [-0.4, -0.2) is 21.6 Å². The number of carbonyl (C=O) groups is 1. The van der Waals surface area contributed by atoms with Crippen molar-refractivity contribution in [1.29, 1.82) is 5.26 Å². The van der Waals surface area contributed by atoms with Gasteiger partial charge in [0.1, 0.15) is 6.07 Å². The fourth-order valence-corrected chi connectivity index (χ4v) is 2.21. The number of aromatic amines is 2. The first kappa shape index (κ1) is 16.0. The molecule has 0 bridgehead atoms. The van der Waals surface area contributed by atoms with Gasteiger partial charge in [-0.2, -0.15) is 10.4 Å². The maximum absolute atomic E-state index is 12.0. The second kappa shape index (κ2) is 7.14. The summed E-state index contributed by atoms with van der Waals surface area (Å²) in [6, 6.07) is 16.1. The highest BCUT2D eigenvalue weighted by atomic mass is 16.2. The second-order valence-electron chi connectivity index (χ2n) is 5.19. The predicted octanol–water partition coefficient (Wildman–Crippen LogP) is 1.46. The van der Waals surface area contributed by atoms with Gasteiger partial charge in [-0.1, -0.05) is 30.3 Å². The van der Waals surface area contributed by atoms with E-state index in [1.807, 2.05) is 30.3 Å². The minimum atomic E-state index is -0.574. The molecule has 0 unspecified atom stereocenters. The molecule has 0 saturated carbocycles. The first-order chi connectivity index (χ1) is 12.2. The highest BCUT2D eigenvalue weighted by Crippen LogP contribution is 2.14. The average Bonchev–Trinajstić information content (AvgIpc) is 3.00. The second-order valence-corrected chi connectivity index (χ2v) is 5.19. The predicted molar refractivity (Wildman–Crippen MR) is 93.9 cm³/mol. The maximum atomic E-state index is 12.0. The molecule has 0 radical (unpaired) electrons. The summed E-state index contributed by atoms with van der Waals surface area (Å²) in [4.78, 5) is 28.5. The lowest BCUT2D eigenvalue weighted by atomic mass is 10.2. The maximum Gasteiger partial charge on any atom is 0.323 e. The summed E-state index contributed by atoms with van der Waals surface area (Å²) >= 11 is 0. The molecule has 4 N–H and O–H groups in total. The van der Waals surface area contributed by atoms with Gasteiger partial charge in [0.25, 0.3) is 5.91 Å². The van der Waals surface area contributed by atoms with Crippen LogP contribution in [0.1, 0.15) is 5.56 Å². The summed E-state index contributed by atoms with van der Waals surface area (Å²) in [5.74, 6) is -0.574. The van der Waals surface area contributed by atoms with E-state index < -0.39 is 5.91 Å². The van der Waals surface area contributed by atoms with Gasteiger partial charge in [-0.25, -0.2) is 4.79 Å². The van der Waals surface area contributed by atoms with Gasteiger partial charge in [-0.3, -0.25) is 10.2 Å². The standard InChI is InChI=1S/C17H14N6O2/c18-9-15(16(24)19-10-11-4-2-1-3-5-11)23-22-12-6-7-13-14(8-12)21-17(25)20-13/h1-8,22H,10H2,(H,19,24)(H2,20,21,25). The molecule has 8 nitrogen and oxygen atoms in total. The largest absolute Gasteiger partial charge is 0.346 e. The van der Waals surface area contributed by atoms with Crippen LogP contribution in [0.3, 0.4) is 0 Å². The number of nitrogens with zero attached hydrogens (tertiary/aromatic N) is 2. The van der Waals surface area contributed by atoms with E-state index in [1.54, 1.807) is 24.3 Å². The summed E-state index contributed by atoms with van der Waals surface area (Å²) in [5.41, 5.74) is 4.74. The van der Waals surface area contributed by atoms with Crippen LogP contribution in [0, 0.1) is 11.3 Å². The Morgan fingerprint density at radius 3 is 2.64 bits per heavy atom. The molecular formula is C17H14N6O2. The molecule has 25 heavy (non-hydrogen) atoms. The van der Waals surface area contributed by atoms with Gasteiger partial charge in [0.15, 0.2) is 0 Å². The minimum absolute atomic E-state index is 0.293. The van der Waals surface area contributed by atoms with E-state index in [0.29, 0.717) is 23.3 Å². The van der Waals surface area contributed by atoms with E-state index in [-0.39, 0.29) is 11.4 Å². The number of amides is 1. The van der Waals surface area contributed by atoms with Crippen LogP contribution in [0.5, 0.6) is 0 Å². The van der Waals surface area contributed by atoms with Crippen LogP contribution in [0.15, 0.2) is 58.4 Å². The number of anilines is 1. The highest BCUT2D eigenvalue weighted by molar-refractivity contribution is 6.45. The fraction of sp³-hybridized carbons (Fsp3) is 0.0588. The van der Waals surface area contributed by atoms with Crippen LogP contribution < -0.4 is 16.4 Å². The highest BCUT2D eigenvalue weighted by Gasteiger charge is 2.10. The molecule has 3 rings (SSSR count). The van der Waals surface area contributed by atoms with Gasteiger partial charge in [0, 0.05) is 6.54 Å². The Morgan fingerprint density at radius 1 is 1.12 bits per heavy atom. The summed E-state index contributed by atoms with van der Waals surface area (Å²) in [6.45, 7) is 0.302. The van der Waals surface area contributed by atoms with Crippen LogP contribution in [0.4, 0.5) is 5.69 Å². The fourth-order valence-electron chi connectivity index (χ4n) is 2.21. The van der Waals surface area contributed by atoms with Crippen molar-refractivity contribution in [3.63, 3.8) is 0 Å². The van der Waals surface area contributed by atoms with Gasteiger partial charge in [-0.15, -0.1) is 0 Å². The molecule has 0 atom stereocenters. The summed E-state index contributed by atoms with van der Waals surface area (Å²) in [5, 5.41) is 15.6. The molecule has 124 valence electrons. The third-order valence-corrected chi connectivity index (χ3v) is 3.43. The van der Waals surface area contributed by atoms with Gasteiger partial charge < -0.3 is 15.3 Å². The number of carbonyl (C=O) groups excluding carboxylic acids is 1. The van der Waals surface area contributed by atoms with Crippen molar-refractivity contribution < 1.29 is 4.79 Å². The number of fused-ring (bicyclic) bond motifs is 1. The Hall–Kier alpha value is -3.86. The lowest BCUT2D eigenvalue weighted by Gasteiger charge is -2.04. The van der Waals surface area contributed by atoms with E-state index >= 15 is 0 Å². The lowest BCUT2D eigenvalue weighted by molar-refractivity contribution is -0.114. The van der Waals surface area contributed by atoms with Crippen molar-refractivity contribution in [2.75, 3.05) is 5.43 Å². The summed E-state index contributed by atoms with van der Waals surface area (Å²) in [6.07, 6.45) is 0. The molecule has 8 heteroatoms. The Labute approximate surface area is 142 Å². The van der Waals surface area contributed by atoms with Crippen molar-refractivity contribution in [2.45, 2.75) is 6.54 Å². The zero-order valence-electron chi connectivity index (χ0n) is 13.0. The number of rotatable bonds is 5. The van der Waals surface area contributed by atoms with Gasteiger partial charge in [-0.05, 0) is 23.8 Å². The van der Waals surface area contributed by atoms with Gasteiger partial charge >= 0.3 is 5.69 Å². The smallest absolute Gasteiger partial charge is 0.323 e. The molecule has 0 fully saturated rings. The third kappa shape index (κ3) is 3.92. The van der Waals surface area contributed by atoms with Crippen molar-refractivity contribution in [1.82, 2.24) is 15.3 Å². The Balaban J connectivity index is 1.67. The molecule has 1 aromatic heterocycles. The topological polar surface area (TPSA) is 126 Å². The first-order valence-corrected chi connectivity index (χ1v) is 7.43. The van der Waals surface area contributed by atoms with Crippen molar-refractivity contribution in [2.24, 2.45) is 5.10 Å². The number of imidazole rings is 1. The lowest BCUT2D eigenvalue weighted by Crippen LogP contribution is -2.30. The van der Waals surface area contributed by atoms with Crippen LogP contribution in [0.25, 0.3) is 11.0 Å². The molecule has 0 aliphatic rings. The summed E-state index contributed by atoms with van der Waals surface area (Å²) in [7, 11) is 0. The van der Waals surface area contributed by atoms with Crippen molar-refractivity contribution in [3.05, 3.63) is 64.6 Å². The molecule has 3 aromatic rings.